The summed E-state index contributed by atoms with van der Waals surface area (Å²) >= 11 is 0. The molecule has 3 rings (SSSR count). The average molecular weight is 239 g/mol. The Morgan fingerprint density at radius 3 is 2.44 bits per heavy atom. The van der Waals surface area contributed by atoms with Crippen molar-refractivity contribution in [3.8, 4) is 0 Å². The van der Waals surface area contributed by atoms with Gasteiger partial charge in [-0.05, 0) is 11.6 Å². The van der Waals surface area contributed by atoms with Gasteiger partial charge in [-0.1, -0.05) is 30.3 Å². The summed E-state index contributed by atoms with van der Waals surface area (Å²) in [5, 5.41) is 12.0. The van der Waals surface area contributed by atoms with Gasteiger partial charge in [-0.15, -0.1) is 0 Å². The molecule has 88 valence electrons. The van der Waals surface area contributed by atoms with Crippen LogP contribution in [0.5, 0.6) is 0 Å². The minimum Gasteiger partial charge on any atom is -0.258 e. The first-order valence-corrected chi connectivity index (χ1v) is 5.49. The molecule has 1 atom stereocenters. The fourth-order valence-corrected chi connectivity index (χ4v) is 1.90. The normalized spacial score (nSPS) is 16.6. The Hall–Kier alpha value is -2.56. The highest BCUT2D eigenvalue weighted by molar-refractivity contribution is 5.30. The number of hydrogen-bond donors (Lipinski definition) is 0. The lowest BCUT2D eigenvalue weighted by Crippen LogP contribution is -2.21. The number of nitro benzene ring substituents is 1. The maximum Gasteiger partial charge on any atom is 0.271 e. The summed E-state index contributed by atoms with van der Waals surface area (Å²) in [6, 6.07) is 14.2. The van der Waals surface area contributed by atoms with Gasteiger partial charge in [-0.2, -0.15) is 0 Å². The molecule has 0 radical (unpaired) electrons. The summed E-state index contributed by atoms with van der Waals surface area (Å²) in [5.74, 6) is 0. The Morgan fingerprint density at radius 1 is 1.00 bits per heavy atom. The van der Waals surface area contributed by atoms with Crippen molar-refractivity contribution in [2.24, 2.45) is 9.98 Å². The van der Waals surface area contributed by atoms with Crippen LogP contribution in [-0.2, 0) is 0 Å². The smallest absolute Gasteiger partial charge is 0.258 e. The Labute approximate surface area is 102 Å². The molecule has 1 aliphatic rings. The van der Waals surface area contributed by atoms with Crippen LogP contribution in [0.1, 0.15) is 11.7 Å². The third kappa shape index (κ3) is 1.75. The Balaban J connectivity index is 2.08. The standard InChI is InChI=1S/C13H9N3O2/c17-16(18)10-6-7-11-12(8-10)15-13(14-11)9-4-2-1-3-5-9/h1-8,13H. The highest BCUT2D eigenvalue weighted by atomic mass is 16.6. The van der Waals surface area contributed by atoms with E-state index in [0.717, 1.165) is 5.56 Å². The van der Waals surface area contributed by atoms with E-state index in [-0.39, 0.29) is 11.9 Å². The molecule has 1 aliphatic heterocycles. The minimum atomic E-state index is -0.425. The number of nitrogens with zero attached hydrogens (tertiary/aromatic N) is 3. The molecule has 0 saturated carbocycles. The first kappa shape index (κ1) is 10.6. The molecule has 0 N–H and O–H groups in total. The van der Waals surface area contributed by atoms with Crippen molar-refractivity contribution in [2.45, 2.75) is 6.17 Å². The molecule has 1 heterocycles. The molecule has 5 heteroatoms. The van der Waals surface area contributed by atoms with Crippen molar-refractivity contribution in [2.75, 3.05) is 0 Å². The molecule has 2 aromatic carbocycles. The molecule has 0 aromatic heterocycles. The molecule has 0 saturated heterocycles. The molecule has 5 nitrogen and oxygen atoms in total. The second kappa shape index (κ2) is 4.03. The molecular weight excluding hydrogens is 230 g/mol. The molecular formula is C13H9N3O2. The summed E-state index contributed by atoms with van der Waals surface area (Å²) in [4.78, 5) is 19.1. The fraction of sp³-hybridized carbons (Fsp3) is 0.0769. The molecule has 2 aromatic rings. The zero-order valence-corrected chi connectivity index (χ0v) is 9.35. The van der Waals surface area contributed by atoms with Crippen molar-refractivity contribution in [1.29, 1.82) is 0 Å². The van der Waals surface area contributed by atoms with E-state index in [1.807, 2.05) is 30.3 Å². The van der Waals surface area contributed by atoms with Crippen molar-refractivity contribution >= 4 is 5.69 Å². The number of non-ortho nitro benzene ring substituents is 1. The van der Waals surface area contributed by atoms with Gasteiger partial charge in [0.2, 0.25) is 0 Å². The topological polar surface area (TPSA) is 67.9 Å². The highest BCUT2D eigenvalue weighted by Crippen LogP contribution is 2.19. The van der Waals surface area contributed by atoms with E-state index in [0.29, 0.717) is 10.7 Å². The van der Waals surface area contributed by atoms with Crippen LogP contribution >= 0.6 is 0 Å². The number of hydrogen-bond acceptors (Lipinski definition) is 4. The molecule has 0 spiro atoms. The predicted molar refractivity (Wildman–Crippen MR) is 64.6 cm³/mol. The quantitative estimate of drug-likeness (QED) is 0.589. The number of benzene rings is 2. The minimum absolute atomic E-state index is 0.0430. The van der Waals surface area contributed by atoms with Gasteiger partial charge in [0.05, 0.1) is 15.6 Å². The lowest BCUT2D eigenvalue weighted by molar-refractivity contribution is -0.385. The van der Waals surface area contributed by atoms with Gasteiger partial charge < -0.3 is 0 Å². The molecule has 0 fully saturated rings. The van der Waals surface area contributed by atoms with Crippen LogP contribution in [0, 0.1) is 10.1 Å². The molecule has 0 amide bonds. The van der Waals surface area contributed by atoms with Crippen LogP contribution in [0.15, 0.2) is 58.5 Å². The van der Waals surface area contributed by atoms with Gasteiger partial charge in [0.25, 0.3) is 5.69 Å². The zero-order chi connectivity index (χ0) is 12.5. The first-order chi connectivity index (χ1) is 8.74. The average Bonchev–Trinajstić information content (AvgIpc) is 2.82. The van der Waals surface area contributed by atoms with Gasteiger partial charge in [0, 0.05) is 12.1 Å². The summed E-state index contributed by atoms with van der Waals surface area (Å²) < 4.78 is 0. The van der Waals surface area contributed by atoms with Crippen molar-refractivity contribution in [3.05, 3.63) is 74.9 Å². The van der Waals surface area contributed by atoms with Crippen molar-refractivity contribution in [3.63, 3.8) is 0 Å². The van der Waals surface area contributed by atoms with Gasteiger partial charge in [-0.3, -0.25) is 20.1 Å². The predicted octanol–water partition coefficient (Wildman–Crippen LogP) is 1.55. The maximum absolute atomic E-state index is 10.7. The van der Waals surface area contributed by atoms with E-state index in [9.17, 15) is 10.1 Å². The summed E-state index contributed by atoms with van der Waals surface area (Å²) in [6.07, 6.45) is -0.289. The third-order valence-electron chi connectivity index (χ3n) is 2.79. The van der Waals surface area contributed by atoms with Gasteiger partial charge in [-0.25, -0.2) is 0 Å². The van der Waals surface area contributed by atoms with Crippen LogP contribution in [-0.4, -0.2) is 4.92 Å². The van der Waals surface area contributed by atoms with Crippen molar-refractivity contribution in [1.82, 2.24) is 0 Å². The largest absolute Gasteiger partial charge is 0.271 e. The number of fused-ring (bicyclic) bond motifs is 1. The Bertz CT molecular complexity index is 726. The van der Waals surface area contributed by atoms with E-state index in [2.05, 4.69) is 9.98 Å². The summed E-state index contributed by atoms with van der Waals surface area (Å²) in [5.41, 5.74) is 1.03. The van der Waals surface area contributed by atoms with E-state index in [1.54, 1.807) is 6.07 Å². The van der Waals surface area contributed by atoms with Crippen LogP contribution in [0.4, 0.5) is 5.69 Å². The number of rotatable bonds is 2. The third-order valence-corrected chi connectivity index (χ3v) is 2.79. The Morgan fingerprint density at radius 2 is 1.72 bits per heavy atom. The molecule has 0 aliphatic carbocycles. The fourth-order valence-electron chi connectivity index (χ4n) is 1.90. The van der Waals surface area contributed by atoms with Crippen LogP contribution in [0.3, 0.4) is 0 Å². The summed E-state index contributed by atoms with van der Waals surface area (Å²) in [6.45, 7) is 0. The highest BCUT2D eigenvalue weighted by Gasteiger charge is 2.14. The lowest BCUT2D eigenvalue weighted by atomic mass is 10.2. The molecule has 1 unspecified atom stereocenters. The lowest BCUT2D eigenvalue weighted by Gasteiger charge is -2.02. The van der Waals surface area contributed by atoms with Gasteiger partial charge >= 0.3 is 0 Å². The second-order valence-electron chi connectivity index (χ2n) is 3.97. The van der Waals surface area contributed by atoms with E-state index < -0.39 is 4.92 Å². The maximum atomic E-state index is 10.7. The van der Waals surface area contributed by atoms with Crippen LogP contribution < -0.4 is 10.7 Å². The summed E-state index contributed by atoms with van der Waals surface area (Å²) in [7, 11) is 0. The van der Waals surface area contributed by atoms with Crippen molar-refractivity contribution < 1.29 is 4.92 Å². The SMILES string of the molecule is O=[N+]([O-])c1ccc2c(c1)=NC(c1ccccc1)N=2. The monoisotopic (exact) mass is 239 g/mol. The van der Waals surface area contributed by atoms with E-state index >= 15 is 0 Å². The number of nitro groups is 1. The van der Waals surface area contributed by atoms with Crippen LogP contribution in [0.2, 0.25) is 0 Å². The van der Waals surface area contributed by atoms with Gasteiger partial charge in [0.15, 0.2) is 6.17 Å². The van der Waals surface area contributed by atoms with E-state index in [1.165, 1.54) is 12.1 Å². The Kier molecular flexibility index (Phi) is 2.37. The van der Waals surface area contributed by atoms with Gasteiger partial charge in [0.1, 0.15) is 0 Å². The zero-order valence-electron chi connectivity index (χ0n) is 9.35. The molecule has 0 bridgehead atoms. The van der Waals surface area contributed by atoms with E-state index in [4.69, 9.17) is 0 Å². The van der Waals surface area contributed by atoms with Crippen LogP contribution in [0.25, 0.3) is 0 Å². The first-order valence-electron chi connectivity index (χ1n) is 5.49. The second-order valence-corrected chi connectivity index (χ2v) is 3.97. The molecule has 18 heavy (non-hydrogen) atoms.